The lowest BCUT2D eigenvalue weighted by Crippen LogP contribution is -2.27. The van der Waals surface area contributed by atoms with Crippen LogP contribution in [-0.4, -0.2) is 25.6 Å². The fraction of sp³-hybridized carbons (Fsp3) is 0.281. The van der Waals surface area contributed by atoms with E-state index in [0.717, 1.165) is 47.1 Å². The first kappa shape index (κ1) is 26.8. The van der Waals surface area contributed by atoms with Gasteiger partial charge in [-0.2, -0.15) is 13.2 Å². The maximum absolute atomic E-state index is 13.1. The Balaban J connectivity index is 1.33. The van der Waals surface area contributed by atoms with Gasteiger partial charge in [0.2, 0.25) is 0 Å². The third-order valence-electron chi connectivity index (χ3n) is 7.83. The molecule has 6 rings (SSSR count). The number of para-hydroxylation sites is 1. The van der Waals surface area contributed by atoms with E-state index in [4.69, 9.17) is 9.72 Å². The molecule has 0 spiro atoms. The number of carboxylic acids is 1. The molecule has 0 aliphatic heterocycles. The maximum Gasteiger partial charge on any atom is 0.416 e. The van der Waals surface area contributed by atoms with E-state index in [1.165, 1.54) is 12.1 Å². The van der Waals surface area contributed by atoms with Crippen LogP contribution in [0.25, 0.3) is 21.9 Å². The third kappa shape index (κ3) is 5.62. The van der Waals surface area contributed by atoms with Crippen molar-refractivity contribution in [3.63, 3.8) is 0 Å². The van der Waals surface area contributed by atoms with E-state index < -0.39 is 23.6 Å². The minimum Gasteiger partial charge on any atom is -0.487 e. The molecule has 0 bridgehead atoms. The van der Waals surface area contributed by atoms with Crippen molar-refractivity contribution in [2.45, 2.75) is 50.9 Å². The van der Waals surface area contributed by atoms with Gasteiger partial charge in [0, 0.05) is 23.9 Å². The van der Waals surface area contributed by atoms with Crippen molar-refractivity contribution >= 4 is 27.9 Å². The number of carbonyl (C=O) groups is 1. The Morgan fingerprint density at radius 3 is 2.49 bits per heavy atom. The molecule has 210 valence electrons. The molecule has 5 aromatic rings. The molecule has 1 aliphatic rings. The number of imidazole rings is 1. The van der Waals surface area contributed by atoms with E-state index in [-0.39, 0.29) is 19.1 Å². The van der Waals surface area contributed by atoms with Gasteiger partial charge in [-0.1, -0.05) is 49.2 Å². The number of fused-ring (bicyclic) bond motifs is 2. The van der Waals surface area contributed by atoms with E-state index in [0.29, 0.717) is 35.5 Å². The van der Waals surface area contributed by atoms with Gasteiger partial charge in [0.15, 0.2) is 0 Å². The van der Waals surface area contributed by atoms with E-state index in [1.807, 2.05) is 59.2 Å². The Labute approximate surface area is 234 Å². The van der Waals surface area contributed by atoms with Crippen LogP contribution in [0.1, 0.15) is 54.2 Å². The van der Waals surface area contributed by atoms with Crippen molar-refractivity contribution in [3.05, 3.63) is 102 Å². The molecule has 6 nitrogen and oxygen atoms in total. The third-order valence-corrected chi connectivity index (χ3v) is 7.83. The summed E-state index contributed by atoms with van der Waals surface area (Å²) >= 11 is 0. The molecule has 9 heteroatoms. The first-order valence-electron chi connectivity index (χ1n) is 13.6. The molecule has 0 amide bonds. The molecule has 2 aromatic heterocycles. The first-order chi connectivity index (χ1) is 19.8. The second-order valence-electron chi connectivity index (χ2n) is 10.5. The molecule has 1 N–H and O–H groups in total. The standard InChI is InChI=1S/C32H28F3N3O3/c33-32(34,35)22-12-9-20(10-13-22)18-38-29-16-15-24(41-19-23-14-11-21-5-1-4-8-27(21)36-23)17-28(29)37-30(38)25-6-2-3-7-26(25)31(39)40/h1,4-5,8-17,25-26H,2-3,6-7,18-19H2,(H,39,40)/t25-,26+/m1/s1. The molecule has 0 unspecified atom stereocenters. The van der Waals surface area contributed by atoms with E-state index in [1.54, 1.807) is 0 Å². The number of carboxylic acid groups (broad SMARTS) is 1. The SMILES string of the molecule is O=C(O)[C@H]1CCCC[C@H]1c1nc2cc(OCc3ccc4ccccc4n3)ccc2n1Cc1ccc(C(F)(F)F)cc1. The van der Waals surface area contributed by atoms with Crippen molar-refractivity contribution in [2.75, 3.05) is 0 Å². The molecule has 3 aromatic carbocycles. The quantitative estimate of drug-likeness (QED) is 0.222. The zero-order valence-electron chi connectivity index (χ0n) is 22.1. The maximum atomic E-state index is 13.1. The smallest absolute Gasteiger partial charge is 0.416 e. The minimum atomic E-state index is -4.42. The number of benzene rings is 3. The Morgan fingerprint density at radius 1 is 0.927 bits per heavy atom. The lowest BCUT2D eigenvalue weighted by Gasteiger charge is -2.28. The van der Waals surface area contributed by atoms with Crippen LogP contribution in [0.5, 0.6) is 5.75 Å². The fourth-order valence-corrected chi connectivity index (χ4v) is 5.73. The number of halogens is 3. The van der Waals surface area contributed by atoms with Crippen LogP contribution in [0.15, 0.2) is 78.9 Å². The summed E-state index contributed by atoms with van der Waals surface area (Å²) in [5.41, 5.74) is 3.04. The van der Waals surface area contributed by atoms with Crippen LogP contribution in [0.4, 0.5) is 13.2 Å². The highest BCUT2D eigenvalue weighted by Gasteiger charge is 2.35. The average molecular weight is 560 g/mol. The first-order valence-corrected chi connectivity index (χ1v) is 13.6. The summed E-state index contributed by atoms with van der Waals surface area (Å²) in [6.07, 6.45) is -1.43. The minimum absolute atomic E-state index is 0.263. The number of hydrogen-bond acceptors (Lipinski definition) is 4. The number of pyridine rings is 1. The van der Waals surface area contributed by atoms with Crippen molar-refractivity contribution in [2.24, 2.45) is 5.92 Å². The fourth-order valence-electron chi connectivity index (χ4n) is 5.73. The highest BCUT2D eigenvalue weighted by Crippen LogP contribution is 2.39. The molecular weight excluding hydrogens is 531 g/mol. The molecule has 41 heavy (non-hydrogen) atoms. The molecule has 1 saturated carbocycles. The number of hydrogen-bond donors (Lipinski definition) is 1. The Hall–Kier alpha value is -4.40. The van der Waals surface area contributed by atoms with E-state index in [2.05, 4.69) is 4.98 Å². The van der Waals surface area contributed by atoms with Crippen LogP contribution in [0, 0.1) is 5.92 Å². The predicted molar refractivity (Wildman–Crippen MR) is 149 cm³/mol. The summed E-state index contributed by atoms with van der Waals surface area (Å²) in [6, 6.07) is 22.4. The van der Waals surface area contributed by atoms with Gasteiger partial charge in [0.25, 0.3) is 0 Å². The van der Waals surface area contributed by atoms with E-state index in [9.17, 15) is 23.1 Å². The van der Waals surface area contributed by atoms with Crippen molar-refractivity contribution in [1.29, 1.82) is 0 Å². The summed E-state index contributed by atoms with van der Waals surface area (Å²) in [5, 5.41) is 11.0. The summed E-state index contributed by atoms with van der Waals surface area (Å²) in [6.45, 7) is 0.535. The molecule has 1 aliphatic carbocycles. The number of alkyl halides is 3. The molecular formula is C32H28F3N3O3. The Morgan fingerprint density at radius 2 is 1.71 bits per heavy atom. The van der Waals surface area contributed by atoms with Gasteiger partial charge in [0.05, 0.1) is 33.7 Å². The number of rotatable bonds is 7. The van der Waals surface area contributed by atoms with Crippen molar-refractivity contribution in [1.82, 2.24) is 14.5 Å². The number of nitrogens with zero attached hydrogens (tertiary/aromatic N) is 3. The zero-order chi connectivity index (χ0) is 28.6. The lowest BCUT2D eigenvalue weighted by atomic mass is 9.78. The number of aliphatic carboxylic acids is 1. The van der Waals surface area contributed by atoms with Gasteiger partial charge >= 0.3 is 12.1 Å². The van der Waals surface area contributed by atoms with Gasteiger partial charge in [-0.3, -0.25) is 4.79 Å². The molecule has 0 saturated heterocycles. The Bertz CT molecular complexity index is 1710. The summed E-state index contributed by atoms with van der Waals surface area (Å²) in [5.74, 6) is -0.484. The van der Waals surface area contributed by atoms with E-state index >= 15 is 0 Å². The molecule has 2 heterocycles. The summed E-state index contributed by atoms with van der Waals surface area (Å²) < 4.78 is 47.4. The largest absolute Gasteiger partial charge is 0.487 e. The normalized spacial score (nSPS) is 17.6. The highest BCUT2D eigenvalue weighted by molar-refractivity contribution is 5.79. The number of ether oxygens (including phenoxy) is 1. The monoisotopic (exact) mass is 559 g/mol. The summed E-state index contributed by atoms with van der Waals surface area (Å²) in [4.78, 5) is 21.7. The summed E-state index contributed by atoms with van der Waals surface area (Å²) in [7, 11) is 0. The number of aromatic nitrogens is 3. The van der Waals surface area contributed by atoms with Crippen molar-refractivity contribution < 1.29 is 27.8 Å². The molecule has 2 atom stereocenters. The highest BCUT2D eigenvalue weighted by atomic mass is 19.4. The molecule has 1 fully saturated rings. The zero-order valence-corrected chi connectivity index (χ0v) is 22.1. The van der Waals surface area contributed by atoms with Crippen molar-refractivity contribution in [3.8, 4) is 5.75 Å². The van der Waals surface area contributed by atoms with Gasteiger partial charge in [0.1, 0.15) is 18.2 Å². The van der Waals surface area contributed by atoms with Gasteiger partial charge < -0.3 is 14.4 Å². The van der Waals surface area contributed by atoms with Gasteiger partial charge in [-0.05, 0) is 54.8 Å². The molecule has 0 radical (unpaired) electrons. The Kier molecular flexibility index (Phi) is 7.11. The van der Waals surface area contributed by atoms with Crippen LogP contribution in [-0.2, 0) is 24.1 Å². The van der Waals surface area contributed by atoms with Crippen LogP contribution in [0.2, 0.25) is 0 Å². The lowest BCUT2D eigenvalue weighted by molar-refractivity contribution is -0.143. The van der Waals surface area contributed by atoms with Crippen LogP contribution >= 0.6 is 0 Å². The topological polar surface area (TPSA) is 77.2 Å². The van der Waals surface area contributed by atoms with Gasteiger partial charge in [-0.25, -0.2) is 9.97 Å². The van der Waals surface area contributed by atoms with Crippen LogP contribution in [0.3, 0.4) is 0 Å². The second kappa shape index (κ2) is 10.9. The van der Waals surface area contributed by atoms with Gasteiger partial charge in [-0.15, -0.1) is 0 Å². The average Bonchev–Trinajstić information content (AvgIpc) is 3.33. The van der Waals surface area contributed by atoms with Crippen LogP contribution < -0.4 is 4.74 Å². The predicted octanol–water partition coefficient (Wildman–Crippen LogP) is 7.59. The second-order valence-corrected chi connectivity index (χ2v) is 10.5.